The second-order valence-corrected chi connectivity index (χ2v) is 5.23. The molecule has 0 amide bonds. The summed E-state index contributed by atoms with van der Waals surface area (Å²) in [6, 6.07) is -0.350. The molecule has 0 aliphatic carbocycles. The number of hydrogen-bond acceptors (Lipinski definition) is 3. The van der Waals surface area contributed by atoms with Crippen LogP contribution in [-0.2, 0) is 18.4 Å². The smallest absolute Gasteiger partial charge is 0.320 e. The van der Waals surface area contributed by atoms with Gasteiger partial charge in [0.1, 0.15) is 6.04 Å². The first-order chi connectivity index (χ1) is 8.00. The van der Waals surface area contributed by atoms with Gasteiger partial charge in [0, 0.05) is 13.6 Å². The van der Waals surface area contributed by atoms with E-state index in [0.717, 1.165) is 35.2 Å². The van der Waals surface area contributed by atoms with E-state index in [1.54, 1.807) is 0 Å². The summed E-state index contributed by atoms with van der Waals surface area (Å²) in [5.74, 6) is -0.725. The van der Waals surface area contributed by atoms with Crippen LogP contribution >= 0.6 is 15.9 Å². The van der Waals surface area contributed by atoms with Crippen molar-refractivity contribution in [2.75, 3.05) is 6.54 Å². The molecule has 94 valence electrons. The van der Waals surface area contributed by atoms with Gasteiger partial charge in [0.25, 0.3) is 0 Å². The molecule has 0 radical (unpaired) electrons. The average Bonchev–Trinajstić information content (AvgIpc) is 2.80. The van der Waals surface area contributed by atoms with Crippen LogP contribution in [0.2, 0.25) is 0 Å². The molecule has 1 atom stereocenters. The highest BCUT2D eigenvalue weighted by Crippen LogP contribution is 2.25. The summed E-state index contributed by atoms with van der Waals surface area (Å²) in [6.45, 7) is 3.41. The SMILES string of the molecule is Cc1nn(C)c(CN2CCCC2C(=O)O)c1Br. The van der Waals surface area contributed by atoms with E-state index in [4.69, 9.17) is 5.11 Å². The van der Waals surface area contributed by atoms with E-state index in [9.17, 15) is 4.79 Å². The van der Waals surface area contributed by atoms with Crippen LogP contribution in [0.1, 0.15) is 24.2 Å². The summed E-state index contributed by atoms with van der Waals surface area (Å²) < 4.78 is 2.80. The number of halogens is 1. The van der Waals surface area contributed by atoms with Crippen molar-refractivity contribution < 1.29 is 9.90 Å². The summed E-state index contributed by atoms with van der Waals surface area (Å²) in [5, 5.41) is 13.4. The van der Waals surface area contributed by atoms with Crippen molar-refractivity contribution in [3.05, 3.63) is 15.9 Å². The molecular weight excluding hydrogens is 286 g/mol. The zero-order valence-corrected chi connectivity index (χ0v) is 11.6. The van der Waals surface area contributed by atoms with Crippen LogP contribution in [-0.4, -0.2) is 38.3 Å². The molecule has 6 heteroatoms. The molecular formula is C11H16BrN3O2. The zero-order valence-electron chi connectivity index (χ0n) is 9.98. The molecule has 1 unspecified atom stereocenters. The number of carboxylic acids is 1. The molecule has 2 rings (SSSR count). The van der Waals surface area contributed by atoms with Crippen molar-refractivity contribution in [2.45, 2.75) is 32.4 Å². The fourth-order valence-electron chi connectivity index (χ4n) is 2.34. The first-order valence-corrected chi connectivity index (χ1v) is 6.45. The van der Waals surface area contributed by atoms with Crippen LogP contribution in [0.3, 0.4) is 0 Å². The predicted octanol–water partition coefficient (Wildman–Crippen LogP) is 1.54. The monoisotopic (exact) mass is 301 g/mol. The van der Waals surface area contributed by atoms with Crippen LogP contribution in [0.25, 0.3) is 0 Å². The Bertz CT molecular complexity index is 444. The van der Waals surface area contributed by atoms with E-state index < -0.39 is 5.97 Å². The largest absolute Gasteiger partial charge is 0.480 e. The third-order valence-corrected chi connectivity index (χ3v) is 4.29. The summed E-state index contributed by atoms with van der Waals surface area (Å²) >= 11 is 3.51. The lowest BCUT2D eigenvalue weighted by Crippen LogP contribution is -2.35. The number of aliphatic carboxylic acids is 1. The minimum atomic E-state index is -0.725. The molecule has 1 saturated heterocycles. The highest BCUT2D eigenvalue weighted by atomic mass is 79.9. The highest BCUT2D eigenvalue weighted by Gasteiger charge is 2.31. The number of likely N-dealkylation sites (tertiary alicyclic amines) is 1. The Hall–Kier alpha value is -0.880. The molecule has 1 aromatic heterocycles. The third-order valence-electron chi connectivity index (χ3n) is 3.26. The maximum Gasteiger partial charge on any atom is 0.320 e. The summed E-state index contributed by atoms with van der Waals surface area (Å²) in [4.78, 5) is 13.1. The number of carboxylic acid groups (broad SMARTS) is 1. The third kappa shape index (κ3) is 2.37. The maximum atomic E-state index is 11.1. The van der Waals surface area contributed by atoms with Crippen molar-refractivity contribution in [3.8, 4) is 0 Å². The van der Waals surface area contributed by atoms with Gasteiger partial charge in [0.2, 0.25) is 0 Å². The van der Waals surface area contributed by atoms with E-state index in [-0.39, 0.29) is 6.04 Å². The van der Waals surface area contributed by atoms with Crippen molar-refractivity contribution >= 4 is 21.9 Å². The van der Waals surface area contributed by atoms with Gasteiger partial charge in [0.15, 0.2) is 0 Å². The lowest BCUT2D eigenvalue weighted by atomic mass is 10.2. The highest BCUT2D eigenvalue weighted by molar-refractivity contribution is 9.10. The normalized spacial score (nSPS) is 21.0. The van der Waals surface area contributed by atoms with Gasteiger partial charge in [-0.1, -0.05) is 0 Å². The standard InChI is InChI=1S/C11H16BrN3O2/c1-7-10(12)9(14(2)13-7)6-15-5-3-4-8(15)11(16)17/h8H,3-6H2,1-2H3,(H,16,17). The molecule has 0 aromatic carbocycles. The average molecular weight is 302 g/mol. The van der Waals surface area contributed by atoms with Crippen molar-refractivity contribution in [1.29, 1.82) is 0 Å². The van der Waals surface area contributed by atoms with Gasteiger partial charge in [-0.15, -0.1) is 0 Å². The van der Waals surface area contributed by atoms with Crippen molar-refractivity contribution in [2.24, 2.45) is 7.05 Å². The number of hydrogen-bond donors (Lipinski definition) is 1. The Kier molecular flexibility index (Phi) is 3.53. The first kappa shape index (κ1) is 12.6. The van der Waals surface area contributed by atoms with Crippen LogP contribution in [0.4, 0.5) is 0 Å². The van der Waals surface area contributed by atoms with Gasteiger partial charge in [-0.2, -0.15) is 5.10 Å². The fourth-order valence-corrected chi connectivity index (χ4v) is 2.80. The second-order valence-electron chi connectivity index (χ2n) is 4.44. The number of aromatic nitrogens is 2. The zero-order chi connectivity index (χ0) is 12.6. The Balaban J connectivity index is 2.18. The molecule has 0 spiro atoms. The van der Waals surface area contributed by atoms with E-state index in [1.807, 2.05) is 23.6 Å². The van der Waals surface area contributed by atoms with Gasteiger partial charge in [0.05, 0.1) is 15.9 Å². The summed E-state index contributed by atoms with van der Waals surface area (Å²) in [6.07, 6.45) is 1.69. The van der Waals surface area contributed by atoms with E-state index >= 15 is 0 Å². The predicted molar refractivity (Wildman–Crippen MR) is 66.7 cm³/mol. The molecule has 1 N–H and O–H groups in total. The van der Waals surface area contributed by atoms with E-state index in [0.29, 0.717) is 6.54 Å². The minimum Gasteiger partial charge on any atom is -0.480 e. The van der Waals surface area contributed by atoms with Crippen LogP contribution in [0.5, 0.6) is 0 Å². The minimum absolute atomic E-state index is 0.350. The number of nitrogens with zero attached hydrogens (tertiary/aromatic N) is 3. The van der Waals surface area contributed by atoms with Crippen LogP contribution < -0.4 is 0 Å². The first-order valence-electron chi connectivity index (χ1n) is 5.65. The fraction of sp³-hybridized carbons (Fsp3) is 0.636. The van der Waals surface area contributed by atoms with Gasteiger partial charge >= 0.3 is 5.97 Å². The van der Waals surface area contributed by atoms with Gasteiger partial charge in [-0.25, -0.2) is 0 Å². The second kappa shape index (κ2) is 4.78. The molecule has 1 fully saturated rings. The lowest BCUT2D eigenvalue weighted by Gasteiger charge is -2.21. The molecule has 2 heterocycles. The Labute approximate surface area is 109 Å². The van der Waals surface area contributed by atoms with Crippen molar-refractivity contribution in [1.82, 2.24) is 14.7 Å². The quantitative estimate of drug-likeness (QED) is 0.920. The molecule has 0 saturated carbocycles. The number of carbonyl (C=O) groups is 1. The molecule has 1 aliphatic rings. The maximum absolute atomic E-state index is 11.1. The lowest BCUT2D eigenvalue weighted by molar-refractivity contribution is -0.142. The van der Waals surface area contributed by atoms with Crippen LogP contribution in [0, 0.1) is 6.92 Å². The molecule has 1 aliphatic heterocycles. The summed E-state index contributed by atoms with van der Waals surface area (Å²) in [5.41, 5.74) is 1.98. The number of rotatable bonds is 3. The Morgan fingerprint density at radius 3 is 2.88 bits per heavy atom. The van der Waals surface area contributed by atoms with Crippen LogP contribution in [0.15, 0.2) is 4.47 Å². The molecule has 17 heavy (non-hydrogen) atoms. The molecule has 1 aromatic rings. The topological polar surface area (TPSA) is 58.4 Å². The Morgan fingerprint density at radius 1 is 1.65 bits per heavy atom. The van der Waals surface area contributed by atoms with Gasteiger partial charge < -0.3 is 5.11 Å². The van der Waals surface area contributed by atoms with Gasteiger partial charge in [-0.3, -0.25) is 14.4 Å². The number of aryl methyl sites for hydroxylation is 2. The molecule has 5 nitrogen and oxygen atoms in total. The van der Waals surface area contributed by atoms with E-state index in [2.05, 4.69) is 21.0 Å². The van der Waals surface area contributed by atoms with Crippen molar-refractivity contribution in [3.63, 3.8) is 0 Å². The summed E-state index contributed by atoms with van der Waals surface area (Å²) in [7, 11) is 1.89. The molecule has 0 bridgehead atoms. The van der Waals surface area contributed by atoms with E-state index in [1.165, 1.54) is 0 Å². The Morgan fingerprint density at radius 2 is 2.35 bits per heavy atom. The van der Waals surface area contributed by atoms with Gasteiger partial charge in [-0.05, 0) is 42.2 Å².